The Hall–Kier alpha value is -3.42. The summed E-state index contributed by atoms with van der Waals surface area (Å²) in [4.78, 5) is 44.6. The van der Waals surface area contributed by atoms with E-state index in [9.17, 15) is 23.2 Å². The third-order valence-electron chi connectivity index (χ3n) is 6.47. The van der Waals surface area contributed by atoms with E-state index in [0.29, 0.717) is 37.1 Å². The molecule has 8 heteroatoms. The molecule has 0 saturated heterocycles. The predicted molar refractivity (Wildman–Crippen MR) is 131 cm³/mol. The van der Waals surface area contributed by atoms with Crippen molar-refractivity contribution in [2.45, 2.75) is 58.9 Å². The molecule has 0 aromatic heterocycles. The Morgan fingerprint density at radius 2 is 1.71 bits per heavy atom. The molecule has 0 fully saturated rings. The van der Waals surface area contributed by atoms with Gasteiger partial charge in [-0.05, 0) is 62.1 Å². The van der Waals surface area contributed by atoms with E-state index in [1.807, 2.05) is 20.8 Å². The lowest BCUT2D eigenvalue weighted by Crippen LogP contribution is -2.43. The summed E-state index contributed by atoms with van der Waals surface area (Å²) < 4.78 is 28.3. The first-order chi connectivity index (χ1) is 16.7. The van der Waals surface area contributed by atoms with Crippen molar-refractivity contribution >= 4 is 29.1 Å². The molecular weight excluding hydrogens is 452 g/mol. The number of anilines is 1. The number of carbonyl (C=O) groups excluding carboxylic acids is 3. The number of halogens is 2. The van der Waals surface area contributed by atoms with Gasteiger partial charge >= 0.3 is 0 Å². The van der Waals surface area contributed by atoms with Crippen molar-refractivity contribution in [1.29, 1.82) is 0 Å². The summed E-state index contributed by atoms with van der Waals surface area (Å²) in [5.41, 5.74) is -0.608. The number of hydrogen-bond acceptors (Lipinski definition) is 4. The third-order valence-corrected chi connectivity index (χ3v) is 6.47. The molecule has 1 atom stereocenters. The van der Waals surface area contributed by atoms with Crippen LogP contribution >= 0.6 is 0 Å². The van der Waals surface area contributed by atoms with Gasteiger partial charge in [0.05, 0.1) is 12.1 Å². The van der Waals surface area contributed by atoms with E-state index in [2.05, 4.69) is 10.3 Å². The summed E-state index contributed by atoms with van der Waals surface area (Å²) in [7, 11) is 0. The molecule has 0 radical (unpaired) electrons. The second-order valence-corrected chi connectivity index (χ2v) is 8.79. The fourth-order valence-electron chi connectivity index (χ4n) is 4.48. The first-order valence-corrected chi connectivity index (χ1v) is 11.9. The van der Waals surface area contributed by atoms with Crippen LogP contribution in [-0.4, -0.2) is 34.9 Å². The van der Waals surface area contributed by atoms with Gasteiger partial charge in [0.15, 0.2) is 11.3 Å². The fourth-order valence-corrected chi connectivity index (χ4v) is 4.48. The molecule has 1 aliphatic rings. The van der Waals surface area contributed by atoms with Crippen molar-refractivity contribution in [2.24, 2.45) is 10.9 Å². The molecule has 0 bridgehead atoms. The maximum absolute atomic E-state index is 14.8. The number of benzene rings is 2. The molecule has 6 nitrogen and oxygen atoms in total. The van der Waals surface area contributed by atoms with Gasteiger partial charge in [0.2, 0.25) is 5.91 Å². The van der Waals surface area contributed by atoms with Gasteiger partial charge in [-0.1, -0.05) is 39.3 Å². The standard InChI is InChI=1S/C27H31F2N3O3/c1-5-14-27(19-8-10-20(28)11-9-19)26(35)32(17(4)31-27)16-24(33)22-13-12-21(15-23(22)29)30-25(34)18(6-2)7-3/h8-13,15,18H,5-7,14,16H2,1-4H3,(H,30,34). The van der Waals surface area contributed by atoms with Gasteiger partial charge in [0.1, 0.15) is 17.5 Å². The Morgan fingerprint density at radius 1 is 1.06 bits per heavy atom. The maximum atomic E-state index is 14.8. The normalized spacial score (nSPS) is 17.6. The van der Waals surface area contributed by atoms with Crippen LogP contribution in [0.5, 0.6) is 0 Å². The van der Waals surface area contributed by atoms with Crippen molar-refractivity contribution in [1.82, 2.24) is 4.90 Å². The largest absolute Gasteiger partial charge is 0.326 e. The minimum absolute atomic E-state index is 0.174. The van der Waals surface area contributed by atoms with Gasteiger partial charge in [0.25, 0.3) is 5.91 Å². The van der Waals surface area contributed by atoms with Crippen LogP contribution in [0.15, 0.2) is 47.5 Å². The van der Waals surface area contributed by atoms with Crippen LogP contribution in [-0.2, 0) is 15.1 Å². The van der Waals surface area contributed by atoms with E-state index < -0.39 is 28.9 Å². The van der Waals surface area contributed by atoms with E-state index in [0.717, 1.165) is 6.07 Å². The van der Waals surface area contributed by atoms with Gasteiger partial charge in [-0.25, -0.2) is 8.78 Å². The number of hydrogen-bond donors (Lipinski definition) is 1. The summed E-state index contributed by atoms with van der Waals surface area (Å²) in [5.74, 6) is -2.22. The minimum atomic E-state index is -1.24. The van der Waals surface area contributed by atoms with Crippen LogP contribution in [0.3, 0.4) is 0 Å². The molecule has 1 N–H and O–H groups in total. The van der Waals surface area contributed by atoms with E-state index >= 15 is 0 Å². The van der Waals surface area contributed by atoms with Crippen molar-refractivity contribution < 1.29 is 23.2 Å². The molecule has 1 heterocycles. The molecule has 0 spiro atoms. The third kappa shape index (κ3) is 5.31. The molecule has 0 saturated carbocycles. The first-order valence-electron chi connectivity index (χ1n) is 11.9. The van der Waals surface area contributed by atoms with Crippen LogP contribution in [0, 0.1) is 17.6 Å². The monoisotopic (exact) mass is 483 g/mol. The Labute approximate surface area is 204 Å². The summed E-state index contributed by atoms with van der Waals surface area (Å²) in [6, 6.07) is 9.50. The van der Waals surface area contributed by atoms with Crippen LogP contribution in [0.1, 0.15) is 69.3 Å². The summed E-state index contributed by atoms with van der Waals surface area (Å²) in [6.07, 6.45) is 2.37. The van der Waals surface area contributed by atoms with Crippen LogP contribution in [0.4, 0.5) is 14.5 Å². The van der Waals surface area contributed by atoms with E-state index in [4.69, 9.17) is 0 Å². The Kier molecular flexibility index (Phi) is 8.14. The lowest BCUT2D eigenvalue weighted by atomic mass is 9.85. The van der Waals surface area contributed by atoms with Gasteiger partial charge in [-0.15, -0.1) is 0 Å². The fraction of sp³-hybridized carbons (Fsp3) is 0.407. The van der Waals surface area contributed by atoms with Crippen LogP contribution in [0.25, 0.3) is 0 Å². The van der Waals surface area contributed by atoms with Gasteiger partial charge in [-0.2, -0.15) is 0 Å². The number of rotatable bonds is 10. The number of carbonyl (C=O) groups is 3. The number of nitrogens with zero attached hydrogens (tertiary/aromatic N) is 2. The summed E-state index contributed by atoms with van der Waals surface area (Å²) in [5, 5.41) is 2.68. The van der Waals surface area contributed by atoms with Crippen molar-refractivity contribution in [3.8, 4) is 0 Å². The molecule has 2 aromatic rings. The first kappa shape index (κ1) is 26.2. The topological polar surface area (TPSA) is 78.8 Å². The highest BCUT2D eigenvalue weighted by Crippen LogP contribution is 2.38. The molecule has 35 heavy (non-hydrogen) atoms. The maximum Gasteiger partial charge on any atom is 0.260 e. The zero-order valence-electron chi connectivity index (χ0n) is 20.5. The van der Waals surface area contributed by atoms with Gasteiger partial charge < -0.3 is 5.32 Å². The lowest BCUT2D eigenvalue weighted by Gasteiger charge is -2.26. The molecule has 186 valence electrons. The molecule has 2 aromatic carbocycles. The predicted octanol–water partition coefficient (Wildman–Crippen LogP) is 5.48. The Bertz CT molecular complexity index is 1140. The average molecular weight is 484 g/mol. The highest BCUT2D eigenvalue weighted by atomic mass is 19.1. The summed E-state index contributed by atoms with van der Waals surface area (Å²) >= 11 is 0. The highest BCUT2D eigenvalue weighted by Gasteiger charge is 2.48. The number of nitrogens with one attached hydrogen (secondary N) is 1. The van der Waals surface area contributed by atoms with Crippen molar-refractivity contribution in [2.75, 3.05) is 11.9 Å². The molecule has 1 aliphatic heterocycles. The quantitative estimate of drug-likeness (QED) is 0.455. The van der Waals surface area contributed by atoms with Crippen molar-refractivity contribution in [3.05, 3.63) is 65.2 Å². The van der Waals surface area contributed by atoms with E-state index in [-0.39, 0.29) is 29.6 Å². The number of amidine groups is 1. The molecule has 0 aliphatic carbocycles. The van der Waals surface area contributed by atoms with E-state index in [1.165, 1.54) is 41.3 Å². The molecular formula is C27H31F2N3O3. The second kappa shape index (κ2) is 10.9. The van der Waals surface area contributed by atoms with Crippen LogP contribution < -0.4 is 5.32 Å². The van der Waals surface area contributed by atoms with Gasteiger partial charge in [0, 0.05) is 11.6 Å². The number of Topliss-reactive ketones (excluding diaryl/α,β-unsaturated/α-hetero) is 1. The SMILES string of the molecule is CCCC1(c2ccc(F)cc2)N=C(C)N(CC(=O)c2ccc(NC(=O)C(CC)CC)cc2F)C1=O. The van der Waals surface area contributed by atoms with Gasteiger partial charge in [-0.3, -0.25) is 24.3 Å². The highest BCUT2D eigenvalue weighted by molar-refractivity contribution is 6.11. The Morgan fingerprint density at radius 3 is 2.29 bits per heavy atom. The zero-order chi connectivity index (χ0) is 25.8. The Balaban J connectivity index is 1.80. The van der Waals surface area contributed by atoms with Crippen molar-refractivity contribution in [3.63, 3.8) is 0 Å². The van der Waals surface area contributed by atoms with Crippen LogP contribution in [0.2, 0.25) is 0 Å². The molecule has 3 rings (SSSR count). The summed E-state index contributed by atoms with van der Waals surface area (Å²) in [6.45, 7) is 6.98. The zero-order valence-corrected chi connectivity index (χ0v) is 20.5. The molecule has 1 unspecified atom stereocenters. The van der Waals surface area contributed by atoms with E-state index in [1.54, 1.807) is 6.92 Å². The second-order valence-electron chi connectivity index (χ2n) is 8.79. The number of aliphatic imine (C=N–C) groups is 1. The average Bonchev–Trinajstić information content (AvgIpc) is 3.05. The smallest absolute Gasteiger partial charge is 0.260 e. The lowest BCUT2D eigenvalue weighted by molar-refractivity contribution is -0.131. The number of ketones is 1. The molecule has 2 amide bonds. The number of amides is 2. The minimum Gasteiger partial charge on any atom is -0.326 e.